The van der Waals surface area contributed by atoms with Crippen LogP contribution in [0, 0.1) is 0 Å². The highest BCUT2D eigenvalue weighted by Crippen LogP contribution is 2.38. The molecule has 0 spiro atoms. The highest BCUT2D eigenvalue weighted by Gasteiger charge is 2.35. The van der Waals surface area contributed by atoms with Crippen molar-refractivity contribution in [3.05, 3.63) is 5.82 Å². The maximum Gasteiger partial charge on any atom is 0.205 e. The predicted octanol–water partition coefficient (Wildman–Crippen LogP) is 2.96. The summed E-state index contributed by atoms with van der Waals surface area (Å²) in [5.74, 6) is 2.26. The van der Waals surface area contributed by atoms with Crippen LogP contribution in [0.15, 0.2) is 0 Å². The Balaban J connectivity index is 1.80. The van der Waals surface area contributed by atoms with Crippen LogP contribution >= 0.6 is 23.3 Å². The number of aromatic nitrogens is 2. The lowest BCUT2D eigenvalue weighted by molar-refractivity contribution is 0.422. The molecule has 1 aliphatic carbocycles. The first-order valence-corrected chi connectivity index (χ1v) is 8.41. The minimum atomic E-state index is 0.722. The van der Waals surface area contributed by atoms with Crippen molar-refractivity contribution < 1.29 is 0 Å². The molecule has 0 radical (unpaired) electrons. The van der Waals surface area contributed by atoms with E-state index in [1.165, 1.54) is 36.6 Å². The molecule has 1 saturated heterocycles. The van der Waals surface area contributed by atoms with Crippen molar-refractivity contribution in [3.63, 3.8) is 0 Å². The number of nitrogens with zero attached hydrogens (tertiary/aromatic N) is 3. The van der Waals surface area contributed by atoms with Crippen LogP contribution in [0.2, 0.25) is 0 Å². The van der Waals surface area contributed by atoms with E-state index < -0.39 is 0 Å². The Hall–Kier alpha value is -0.290. The molecule has 0 aromatic carbocycles. The standard InChI is InChI=1S/C12H19N3S2/c1-2-11-13-12(17-14-11)15-7-8-16-10-6-4-3-5-9(10)15/h9-10H,2-8H2,1H3. The van der Waals surface area contributed by atoms with E-state index in [0.717, 1.165) is 30.1 Å². The van der Waals surface area contributed by atoms with E-state index >= 15 is 0 Å². The lowest BCUT2D eigenvalue weighted by atomic mass is 9.93. The van der Waals surface area contributed by atoms with Gasteiger partial charge in [-0.15, -0.1) is 0 Å². The van der Waals surface area contributed by atoms with Crippen LogP contribution in [0.5, 0.6) is 0 Å². The molecule has 3 nitrogen and oxygen atoms in total. The first-order valence-electron chi connectivity index (χ1n) is 6.59. The molecule has 1 aliphatic heterocycles. The molecule has 2 heterocycles. The molecular weight excluding hydrogens is 250 g/mol. The molecule has 3 rings (SSSR count). The summed E-state index contributed by atoms with van der Waals surface area (Å²) in [5, 5.41) is 2.01. The third-order valence-corrected chi connectivity index (χ3v) is 5.94. The minimum Gasteiger partial charge on any atom is -0.342 e. The van der Waals surface area contributed by atoms with Gasteiger partial charge in [0.15, 0.2) is 0 Å². The molecule has 2 aliphatic rings. The van der Waals surface area contributed by atoms with Gasteiger partial charge >= 0.3 is 0 Å². The zero-order valence-electron chi connectivity index (χ0n) is 10.3. The summed E-state index contributed by atoms with van der Waals surface area (Å²) in [6.07, 6.45) is 6.49. The summed E-state index contributed by atoms with van der Waals surface area (Å²) in [6, 6.07) is 0.722. The number of thioether (sulfide) groups is 1. The van der Waals surface area contributed by atoms with Gasteiger partial charge in [-0.25, -0.2) is 4.98 Å². The largest absolute Gasteiger partial charge is 0.342 e. The summed E-state index contributed by atoms with van der Waals surface area (Å²) in [7, 11) is 0. The highest BCUT2D eigenvalue weighted by atomic mass is 32.2. The van der Waals surface area contributed by atoms with Crippen molar-refractivity contribution in [2.24, 2.45) is 0 Å². The summed E-state index contributed by atoms with van der Waals surface area (Å²) >= 11 is 3.76. The Bertz CT molecular complexity index is 378. The first kappa shape index (κ1) is 11.8. The molecular formula is C12H19N3S2. The van der Waals surface area contributed by atoms with Crippen molar-refractivity contribution >= 4 is 28.4 Å². The zero-order chi connectivity index (χ0) is 11.7. The van der Waals surface area contributed by atoms with E-state index in [1.54, 1.807) is 11.5 Å². The van der Waals surface area contributed by atoms with E-state index in [0.29, 0.717) is 0 Å². The van der Waals surface area contributed by atoms with Crippen LogP contribution in [0.3, 0.4) is 0 Å². The molecule has 1 saturated carbocycles. The number of aryl methyl sites for hydroxylation is 1. The number of fused-ring (bicyclic) bond motifs is 1. The van der Waals surface area contributed by atoms with Crippen LogP contribution in [0.25, 0.3) is 0 Å². The molecule has 17 heavy (non-hydrogen) atoms. The van der Waals surface area contributed by atoms with Gasteiger partial charge in [0.05, 0.1) is 0 Å². The van der Waals surface area contributed by atoms with Gasteiger partial charge < -0.3 is 4.90 Å². The third-order valence-electron chi connectivity index (χ3n) is 3.75. The number of anilines is 1. The van der Waals surface area contributed by atoms with Gasteiger partial charge in [-0.3, -0.25) is 0 Å². The smallest absolute Gasteiger partial charge is 0.205 e. The molecule has 5 heteroatoms. The maximum atomic E-state index is 4.67. The van der Waals surface area contributed by atoms with Gasteiger partial charge in [0, 0.05) is 41.5 Å². The van der Waals surface area contributed by atoms with E-state index in [-0.39, 0.29) is 0 Å². The monoisotopic (exact) mass is 269 g/mol. The number of rotatable bonds is 2. The van der Waals surface area contributed by atoms with Crippen molar-refractivity contribution in [2.45, 2.75) is 50.3 Å². The lowest BCUT2D eigenvalue weighted by Crippen LogP contribution is -2.49. The second-order valence-corrected chi connectivity index (χ2v) is 6.88. The van der Waals surface area contributed by atoms with Gasteiger partial charge in [0.2, 0.25) is 5.13 Å². The average Bonchev–Trinajstić information content (AvgIpc) is 2.87. The molecule has 2 unspecified atom stereocenters. The molecule has 1 aromatic heterocycles. The molecule has 0 N–H and O–H groups in total. The van der Waals surface area contributed by atoms with E-state index in [4.69, 9.17) is 0 Å². The van der Waals surface area contributed by atoms with Gasteiger partial charge in [-0.2, -0.15) is 16.1 Å². The summed E-state index contributed by atoms with van der Waals surface area (Å²) < 4.78 is 4.43. The minimum absolute atomic E-state index is 0.722. The molecule has 2 fully saturated rings. The van der Waals surface area contributed by atoms with Crippen LogP contribution < -0.4 is 4.90 Å². The fraction of sp³-hybridized carbons (Fsp3) is 0.833. The second kappa shape index (κ2) is 5.14. The van der Waals surface area contributed by atoms with Crippen molar-refractivity contribution in [1.82, 2.24) is 9.36 Å². The number of hydrogen-bond donors (Lipinski definition) is 0. The van der Waals surface area contributed by atoms with Gasteiger partial charge in [0.1, 0.15) is 5.82 Å². The quantitative estimate of drug-likeness (QED) is 0.825. The SMILES string of the molecule is CCc1nsc(N2CCSC3CCCCC32)n1. The summed E-state index contributed by atoms with van der Waals surface area (Å²) in [5.41, 5.74) is 0. The molecule has 1 aromatic rings. The predicted molar refractivity (Wildman–Crippen MR) is 75.1 cm³/mol. The average molecular weight is 269 g/mol. The Labute approximate surface area is 111 Å². The maximum absolute atomic E-state index is 4.67. The van der Waals surface area contributed by atoms with Crippen molar-refractivity contribution in [3.8, 4) is 0 Å². The van der Waals surface area contributed by atoms with Gasteiger partial charge in [-0.05, 0) is 12.8 Å². The molecule has 94 valence electrons. The first-order chi connectivity index (χ1) is 8.38. The van der Waals surface area contributed by atoms with E-state index in [2.05, 4.69) is 32.9 Å². The normalized spacial score (nSPS) is 29.1. The summed E-state index contributed by atoms with van der Waals surface area (Å²) in [4.78, 5) is 7.21. The Kier molecular flexibility index (Phi) is 3.56. The van der Waals surface area contributed by atoms with E-state index in [1.807, 2.05) is 0 Å². The fourth-order valence-corrected chi connectivity index (χ4v) is 5.12. The third kappa shape index (κ3) is 2.32. The Morgan fingerprint density at radius 2 is 2.24 bits per heavy atom. The molecule has 0 bridgehead atoms. The van der Waals surface area contributed by atoms with Gasteiger partial charge in [-0.1, -0.05) is 19.8 Å². The topological polar surface area (TPSA) is 29.0 Å². The summed E-state index contributed by atoms with van der Waals surface area (Å²) in [6.45, 7) is 3.28. The van der Waals surface area contributed by atoms with E-state index in [9.17, 15) is 0 Å². The number of hydrogen-bond acceptors (Lipinski definition) is 5. The Morgan fingerprint density at radius 3 is 3.06 bits per heavy atom. The fourth-order valence-electron chi connectivity index (χ4n) is 2.84. The van der Waals surface area contributed by atoms with Crippen LogP contribution in [-0.2, 0) is 6.42 Å². The van der Waals surface area contributed by atoms with Crippen molar-refractivity contribution in [1.29, 1.82) is 0 Å². The second-order valence-electron chi connectivity index (χ2n) is 4.80. The highest BCUT2D eigenvalue weighted by molar-refractivity contribution is 8.00. The molecule has 2 atom stereocenters. The lowest BCUT2D eigenvalue weighted by Gasteiger charge is -2.43. The Morgan fingerprint density at radius 1 is 1.35 bits per heavy atom. The molecule has 0 amide bonds. The van der Waals surface area contributed by atoms with Crippen LogP contribution in [-0.4, -0.2) is 32.9 Å². The zero-order valence-corrected chi connectivity index (χ0v) is 11.9. The van der Waals surface area contributed by atoms with Crippen LogP contribution in [0.1, 0.15) is 38.4 Å². The van der Waals surface area contributed by atoms with Crippen LogP contribution in [0.4, 0.5) is 5.13 Å². The van der Waals surface area contributed by atoms with Gasteiger partial charge in [0.25, 0.3) is 0 Å². The van der Waals surface area contributed by atoms with Crippen molar-refractivity contribution in [2.75, 3.05) is 17.2 Å².